The SMILES string of the molecule is Cc1ccc(-c2noc(C(C)Sc3nnc(-c4ccccc4)o3)n2)cc1F. The summed E-state index contributed by atoms with van der Waals surface area (Å²) in [5, 5.41) is 12.3. The first-order chi connectivity index (χ1) is 13.1. The maximum atomic E-state index is 13.7. The number of benzene rings is 2. The summed E-state index contributed by atoms with van der Waals surface area (Å²) in [4.78, 5) is 4.36. The van der Waals surface area contributed by atoms with Gasteiger partial charge in [0, 0.05) is 11.1 Å². The Hall–Kier alpha value is -3.00. The third-order valence-electron chi connectivity index (χ3n) is 3.92. The molecule has 6 nitrogen and oxygen atoms in total. The van der Waals surface area contributed by atoms with E-state index in [-0.39, 0.29) is 11.1 Å². The Morgan fingerprint density at radius 3 is 2.63 bits per heavy atom. The highest BCUT2D eigenvalue weighted by Crippen LogP contribution is 2.35. The van der Waals surface area contributed by atoms with Crippen LogP contribution in [0.1, 0.15) is 23.6 Å². The predicted molar refractivity (Wildman–Crippen MR) is 98.4 cm³/mol. The molecule has 2 aromatic heterocycles. The molecule has 2 heterocycles. The Bertz CT molecular complexity index is 1060. The molecule has 0 aliphatic rings. The van der Waals surface area contributed by atoms with Gasteiger partial charge in [0.25, 0.3) is 5.22 Å². The number of rotatable bonds is 5. The van der Waals surface area contributed by atoms with Gasteiger partial charge < -0.3 is 8.94 Å². The van der Waals surface area contributed by atoms with E-state index >= 15 is 0 Å². The number of nitrogens with zero attached hydrogens (tertiary/aromatic N) is 4. The van der Waals surface area contributed by atoms with E-state index in [0.29, 0.717) is 34.0 Å². The van der Waals surface area contributed by atoms with Gasteiger partial charge in [0.1, 0.15) is 5.82 Å². The molecule has 4 aromatic rings. The highest BCUT2D eigenvalue weighted by Gasteiger charge is 2.20. The lowest BCUT2D eigenvalue weighted by Crippen LogP contribution is -1.90. The lowest BCUT2D eigenvalue weighted by Gasteiger charge is -2.01. The van der Waals surface area contributed by atoms with E-state index in [1.54, 1.807) is 19.1 Å². The fraction of sp³-hybridized carbons (Fsp3) is 0.158. The second-order valence-electron chi connectivity index (χ2n) is 5.92. The van der Waals surface area contributed by atoms with Crippen LogP contribution in [0.5, 0.6) is 0 Å². The fourth-order valence-electron chi connectivity index (χ4n) is 2.41. The van der Waals surface area contributed by atoms with E-state index in [1.807, 2.05) is 37.3 Å². The summed E-state index contributed by atoms with van der Waals surface area (Å²) in [6.45, 7) is 3.59. The monoisotopic (exact) mass is 382 g/mol. The van der Waals surface area contributed by atoms with Crippen LogP contribution in [-0.2, 0) is 0 Å². The first kappa shape index (κ1) is 17.4. The Morgan fingerprint density at radius 2 is 1.85 bits per heavy atom. The van der Waals surface area contributed by atoms with Crippen molar-refractivity contribution in [2.45, 2.75) is 24.3 Å². The van der Waals surface area contributed by atoms with Crippen LogP contribution in [-0.4, -0.2) is 20.3 Å². The molecule has 1 atom stereocenters. The maximum Gasteiger partial charge on any atom is 0.277 e. The second-order valence-corrected chi connectivity index (χ2v) is 7.21. The van der Waals surface area contributed by atoms with Crippen molar-refractivity contribution in [3.63, 3.8) is 0 Å². The zero-order chi connectivity index (χ0) is 18.8. The van der Waals surface area contributed by atoms with Gasteiger partial charge in [-0.25, -0.2) is 4.39 Å². The van der Waals surface area contributed by atoms with Gasteiger partial charge in [0.2, 0.25) is 17.6 Å². The lowest BCUT2D eigenvalue weighted by molar-refractivity contribution is 0.379. The molecule has 0 aliphatic carbocycles. The molecule has 0 amide bonds. The molecule has 0 N–H and O–H groups in total. The van der Waals surface area contributed by atoms with Crippen LogP contribution in [0.25, 0.3) is 22.8 Å². The standard InChI is InChI=1S/C19H15FN4O2S/c1-11-8-9-14(10-15(11)20)16-21-17(26-24-16)12(2)27-19-23-22-18(25-19)13-6-4-3-5-7-13/h3-10,12H,1-2H3. The van der Waals surface area contributed by atoms with Crippen molar-refractivity contribution < 1.29 is 13.3 Å². The number of aryl methyl sites for hydroxylation is 1. The van der Waals surface area contributed by atoms with Crippen LogP contribution in [0.3, 0.4) is 0 Å². The Morgan fingerprint density at radius 1 is 1.04 bits per heavy atom. The van der Waals surface area contributed by atoms with Crippen molar-refractivity contribution in [1.82, 2.24) is 20.3 Å². The molecule has 0 bridgehead atoms. The van der Waals surface area contributed by atoms with Crippen LogP contribution >= 0.6 is 11.8 Å². The van der Waals surface area contributed by atoms with Crippen LogP contribution in [0.15, 0.2) is 62.7 Å². The first-order valence-corrected chi connectivity index (χ1v) is 9.14. The smallest absolute Gasteiger partial charge is 0.277 e. The molecular weight excluding hydrogens is 367 g/mol. The van der Waals surface area contributed by atoms with E-state index in [1.165, 1.54) is 17.8 Å². The molecule has 0 aliphatic heterocycles. The summed E-state index contributed by atoms with van der Waals surface area (Å²) in [6, 6.07) is 14.4. The Kier molecular flexibility index (Phi) is 4.72. The largest absolute Gasteiger partial charge is 0.411 e. The minimum absolute atomic E-state index is 0.203. The van der Waals surface area contributed by atoms with Crippen molar-refractivity contribution >= 4 is 11.8 Å². The predicted octanol–water partition coefficient (Wildman–Crippen LogP) is 5.09. The van der Waals surface area contributed by atoms with Gasteiger partial charge in [-0.3, -0.25) is 0 Å². The molecule has 2 aromatic carbocycles. The summed E-state index contributed by atoms with van der Waals surface area (Å²) >= 11 is 1.32. The second kappa shape index (κ2) is 7.32. The van der Waals surface area contributed by atoms with E-state index in [4.69, 9.17) is 8.94 Å². The summed E-state index contributed by atoms with van der Waals surface area (Å²) < 4.78 is 24.7. The molecule has 0 saturated heterocycles. The molecule has 136 valence electrons. The van der Waals surface area contributed by atoms with Crippen molar-refractivity contribution in [2.75, 3.05) is 0 Å². The fourth-order valence-corrected chi connectivity index (χ4v) is 3.12. The number of hydrogen-bond donors (Lipinski definition) is 0. The summed E-state index contributed by atoms with van der Waals surface area (Å²) in [6.07, 6.45) is 0. The number of halogens is 1. The molecule has 27 heavy (non-hydrogen) atoms. The van der Waals surface area contributed by atoms with E-state index in [9.17, 15) is 4.39 Å². The van der Waals surface area contributed by atoms with Crippen LogP contribution in [0, 0.1) is 12.7 Å². The average molecular weight is 382 g/mol. The third-order valence-corrected chi connectivity index (χ3v) is 4.85. The summed E-state index contributed by atoms with van der Waals surface area (Å²) in [5.41, 5.74) is 1.98. The normalized spacial score (nSPS) is 12.3. The molecule has 0 spiro atoms. The summed E-state index contributed by atoms with van der Waals surface area (Å²) in [5.74, 6) is 0.884. The van der Waals surface area contributed by atoms with Crippen molar-refractivity contribution in [3.05, 3.63) is 65.8 Å². The van der Waals surface area contributed by atoms with Gasteiger partial charge in [-0.1, -0.05) is 47.3 Å². The zero-order valence-electron chi connectivity index (χ0n) is 14.6. The number of hydrogen-bond acceptors (Lipinski definition) is 7. The lowest BCUT2D eigenvalue weighted by atomic mass is 10.1. The average Bonchev–Trinajstić information content (AvgIpc) is 3.34. The van der Waals surface area contributed by atoms with Crippen LogP contribution in [0.4, 0.5) is 4.39 Å². The molecular formula is C19H15FN4O2S. The van der Waals surface area contributed by atoms with Crippen LogP contribution < -0.4 is 0 Å². The maximum absolute atomic E-state index is 13.7. The zero-order valence-corrected chi connectivity index (χ0v) is 15.4. The van der Waals surface area contributed by atoms with Gasteiger partial charge in [-0.15, -0.1) is 10.2 Å². The third kappa shape index (κ3) is 3.75. The highest BCUT2D eigenvalue weighted by molar-refractivity contribution is 7.99. The molecule has 0 fully saturated rings. The van der Waals surface area contributed by atoms with Gasteiger partial charge >= 0.3 is 0 Å². The topological polar surface area (TPSA) is 77.8 Å². The van der Waals surface area contributed by atoms with Gasteiger partial charge in [-0.05, 0) is 37.6 Å². The Labute approximate surface area is 158 Å². The van der Waals surface area contributed by atoms with Crippen molar-refractivity contribution in [2.24, 2.45) is 0 Å². The number of thioether (sulfide) groups is 1. The van der Waals surface area contributed by atoms with E-state index in [2.05, 4.69) is 20.3 Å². The quantitative estimate of drug-likeness (QED) is 0.445. The van der Waals surface area contributed by atoms with Crippen LogP contribution in [0.2, 0.25) is 0 Å². The van der Waals surface area contributed by atoms with Crippen molar-refractivity contribution in [1.29, 1.82) is 0 Å². The van der Waals surface area contributed by atoms with E-state index in [0.717, 1.165) is 5.56 Å². The molecule has 4 rings (SSSR count). The molecule has 0 radical (unpaired) electrons. The van der Waals surface area contributed by atoms with Gasteiger partial charge in [0.15, 0.2) is 0 Å². The van der Waals surface area contributed by atoms with Crippen molar-refractivity contribution in [3.8, 4) is 22.8 Å². The number of aromatic nitrogens is 4. The van der Waals surface area contributed by atoms with Gasteiger partial charge in [0.05, 0.1) is 5.25 Å². The summed E-state index contributed by atoms with van der Waals surface area (Å²) in [7, 11) is 0. The highest BCUT2D eigenvalue weighted by atomic mass is 32.2. The Balaban J connectivity index is 1.49. The minimum Gasteiger partial charge on any atom is -0.411 e. The van der Waals surface area contributed by atoms with Gasteiger partial charge in [-0.2, -0.15) is 4.98 Å². The molecule has 0 saturated carbocycles. The molecule has 1 unspecified atom stereocenters. The molecule has 8 heteroatoms. The van der Waals surface area contributed by atoms with E-state index < -0.39 is 0 Å². The first-order valence-electron chi connectivity index (χ1n) is 8.26. The minimum atomic E-state index is -0.305.